The van der Waals surface area contributed by atoms with Gasteiger partial charge in [-0.2, -0.15) is 5.26 Å². The van der Waals surface area contributed by atoms with Crippen molar-refractivity contribution in [3.63, 3.8) is 0 Å². The number of ether oxygens (including phenoxy) is 3. The van der Waals surface area contributed by atoms with Crippen LogP contribution in [-0.4, -0.2) is 19.7 Å². The number of rotatable bonds is 3. The minimum atomic E-state index is -0.539. The van der Waals surface area contributed by atoms with Crippen molar-refractivity contribution in [3.8, 4) is 23.3 Å². The van der Waals surface area contributed by atoms with E-state index >= 15 is 0 Å². The standard InChI is InChI=1S/C25H21ClN2O4/c1-13-18(11-27)24(17-9-22-23(10-19(17)26)32-12-31-22)25-20(28-13)7-15(8-21(25)29)14-3-5-16(30-2)6-4-14/h3-6,9-10,15,24,28H,7-8,12H2,1-2H3/t15-,24+/m0/s1. The first-order chi connectivity index (χ1) is 15.5. The average Bonchev–Trinajstić information content (AvgIpc) is 3.24. The number of nitrogens with zero attached hydrogens (tertiary/aromatic N) is 1. The molecule has 6 nitrogen and oxygen atoms in total. The van der Waals surface area contributed by atoms with Gasteiger partial charge in [-0.1, -0.05) is 23.7 Å². The summed E-state index contributed by atoms with van der Waals surface area (Å²) in [5.41, 5.74) is 4.43. The molecule has 162 valence electrons. The maximum absolute atomic E-state index is 13.5. The van der Waals surface area contributed by atoms with Crippen molar-refractivity contribution in [2.45, 2.75) is 31.6 Å². The molecule has 2 aromatic carbocycles. The molecule has 5 rings (SSSR count). The molecule has 0 aromatic heterocycles. The summed E-state index contributed by atoms with van der Waals surface area (Å²) in [5.74, 6) is 1.43. The maximum atomic E-state index is 13.5. The molecule has 1 aliphatic carbocycles. The number of dihydropyridines is 1. The van der Waals surface area contributed by atoms with Gasteiger partial charge in [0.1, 0.15) is 5.75 Å². The molecule has 0 saturated heterocycles. The Bertz CT molecular complexity index is 1220. The predicted octanol–water partition coefficient (Wildman–Crippen LogP) is 4.96. The molecule has 0 spiro atoms. The molecule has 2 aliphatic heterocycles. The van der Waals surface area contributed by atoms with Crippen LogP contribution in [0, 0.1) is 11.3 Å². The number of Topliss-reactive ketones (excluding diaryl/α,β-unsaturated/α-hetero) is 1. The van der Waals surface area contributed by atoms with Gasteiger partial charge in [-0.05, 0) is 48.6 Å². The average molecular weight is 449 g/mol. The van der Waals surface area contributed by atoms with Gasteiger partial charge in [0.2, 0.25) is 6.79 Å². The third kappa shape index (κ3) is 3.30. The number of hydrogen-bond acceptors (Lipinski definition) is 6. The summed E-state index contributed by atoms with van der Waals surface area (Å²) < 4.78 is 16.2. The van der Waals surface area contributed by atoms with Crippen LogP contribution in [0.25, 0.3) is 0 Å². The highest BCUT2D eigenvalue weighted by molar-refractivity contribution is 6.31. The summed E-state index contributed by atoms with van der Waals surface area (Å²) in [5, 5.41) is 13.7. The highest BCUT2D eigenvalue weighted by Gasteiger charge is 2.40. The van der Waals surface area contributed by atoms with Crippen LogP contribution in [0.2, 0.25) is 5.02 Å². The van der Waals surface area contributed by atoms with Crippen LogP contribution >= 0.6 is 11.6 Å². The molecule has 2 heterocycles. The molecule has 1 N–H and O–H groups in total. The highest BCUT2D eigenvalue weighted by Crippen LogP contribution is 2.49. The summed E-state index contributed by atoms with van der Waals surface area (Å²) >= 11 is 6.61. The van der Waals surface area contributed by atoms with Gasteiger partial charge < -0.3 is 19.5 Å². The van der Waals surface area contributed by atoms with Gasteiger partial charge in [0, 0.05) is 34.5 Å². The van der Waals surface area contributed by atoms with Crippen LogP contribution in [0.3, 0.4) is 0 Å². The number of benzene rings is 2. The molecule has 0 amide bonds. The van der Waals surface area contributed by atoms with E-state index in [0.29, 0.717) is 46.1 Å². The Morgan fingerprint density at radius 1 is 1.16 bits per heavy atom. The molecule has 0 unspecified atom stereocenters. The zero-order chi connectivity index (χ0) is 22.4. The summed E-state index contributed by atoms with van der Waals surface area (Å²) in [4.78, 5) is 13.5. The normalized spacial score (nSPS) is 21.8. The Morgan fingerprint density at radius 2 is 1.88 bits per heavy atom. The van der Waals surface area contributed by atoms with Gasteiger partial charge >= 0.3 is 0 Å². The Labute approximate surface area is 191 Å². The van der Waals surface area contributed by atoms with Crippen LogP contribution in [0.4, 0.5) is 0 Å². The molecular formula is C25H21ClN2O4. The fraction of sp³-hybridized carbons (Fsp3) is 0.280. The van der Waals surface area contributed by atoms with Crippen molar-refractivity contribution >= 4 is 17.4 Å². The Balaban J connectivity index is 1.58. The lowest BCUT2D eigenvalue weighted by molar-refractivity contribution is -0.116. The van der Waals surface area contributed by atoms with E-state index in [2.05, 4.69) is 11.4 Å². The molecule has 2 atom stereocenters. The number of allylic oxidation sites excluding steroid dienone is 4. The van der Waals surface area contributed by atoms with Crippen molar-refractivity contribution in [1.82, 2.24) is 5.32 Å². The second kappa shape index (κ2) is 7.92. The molecule has 0 saturated carbocycles. The molecular weight excluding hydrogens is 428 g/mol. The molecule has 3 aliphatic rings. The minimum absolute atomic E-state index is 0.0125. The fourth-order valence-electron chi connectivity index (χ4n) is 4.76. The number of nitriles is 1. The van der Waals surface area contributed by atoms with Gasteiger partial charge in [0.05, 0.1) is 24.7 Å². The van der Waals surface area contributed by atoms with E-state index < -0.39 is 5.92 Å². The summed E-state index contributed by atoms with van der Waals surface area (Å²) in [7, 11) is 1.63. The third-order valence-corrected chi connectivity index (χ3v) is 6.67. The molecule has 0 fully saturated rings. The number of methoxy groups -OCH3 is 1. The van der Waals surface area contributed by atoms with E-state index in [1.165, 1.54) is 0 Å². The topological polar surface area (TPSA) is 80.6 Å². The Morgan fingerprint density at radius 3 is 2.56 bits per heavy atom. The largest absolute Gasteiger partial charge is 0.497 e. The lowest BCUT2D eigenvalue weighted by Gasteiger charge is -2.36. The number of carbonyl (C=O) groups excluding carboxylic acids is 1. The summed E-state index contributed by atoms with van der Waals surface area (Å²) in [6.07, 6.45) is 1.03. The molecule has 0 bridgehead atoms. The van der Waals surface area contributed by atoms with Crippen molar-refractivity contribution in [1.29, 1.82) is 5.26 Å². The van der Waals surface area contributed by atoms with E-state index in [-0.39, 0.29) is 18.5 Å². The summed E-state index contributed by atoms with van der Waals surface area (Å²) in [6, 6.07) is 13.6. The zero-order valence-corrected chi connectivity index (χ0v) is 18.5. The van der Waals surface area contributed by atoms with E-state index in [0.717, 1.165) is 22.7 Å². The smallest absolute Gasteiger partial charge is 0.231 e. The number of nitrogens with one attached hydrogen (secondary N) is 1. The van der Waals surface area contributed by atoms with Crippen LogP contribution in [0.5, 0.6) is 17.2 Å². The number of fused-ring (bicyclic) bond motifs is 1. The molecule has 2 aromatic rings. The van der Waals surface area contributed by atoms with Gasteiger partial charge in [-0.15, -0.1) is 0 Å². The van der Waals surface area contributed by atoms with Gasteiger partial charge in [-0.3, -0.25) is 4.79 Å². The SMILES string of the molecule is COc1ccc([C@@H]2CC(=O)C3=C(C2)NC(C)=C(C#N)[C@H]3c2cc3c(cc2Cl)OCO3)cc1. The van der Waals surface area contributed by atoms with Crippen molar-refractivity contribution in [2.75, 3.05) is 13.9 Å². The van der Waals surface area contributed by atoms with Gasteiger partial charge in [-0.25, -0.2) is 0 Å². The minimum Gasteiger partial charge on any atom is -0.497 e. The van der Waals surface area contributed by atoms with E-state index in [1.807, 2.05) is 31.2 Å². The third-order valence-electron chi connectivity index (χ3n) is 6.34. The number of carbonyl (C=O) groups is 1. The van der Waals surface area contributed by atoms with E-state index in [4.69, 9.17) is 25.8 Å². The molecule has 0 radical (unpaired) electrons. The van der Waals surface area contributed by atoms with Crippen LogP contribution in [-0.2, 0) is 4.79 Å². The number of halogens is 1. The first-order valence-corrected chi connectivity index (χ1v) is 10.7. The first kappa shape index (κ1) is 20.5. The fourth-order valence-corrected chi connectivity index (χ4v) is 5.03. The second-order valence-corrected chi connectivity index (χ2v) is 8.54. The Hall–Kier alpha value is -3.43. The lowest BCUT2D eigenvalue weighted by Crippen LogP contribution is -2.33. The lowest BCUT2D eigenvalue weighted by atomic mass is 9.72. The number of ketones is 1. The van der Waals surface area contributed by atoms with Gasteiger partial charge in [0.15, 0.2) is 17.3 Å². The van der Waals surface area contributed by atoms with Crippen molar-refractivity contribution in [3.05, 3.63) is 75.1 Å². The van der Waals surface area contributed by atoms with E-state index in [9.17, 15) is 10.1 Å². The van der Waals surface area contributed by atoms with Crippen molar-refractivity contribution in [2.24, 2.45) is 0 Å². The first-order valence-electron chi connectivity index (χ1n) is 10.4. The van der Waals surface area contributed by atoms with Crippen LogP contribution < -0.4 is 19.5 Å². The van der Waals surface area contributed by atoms with Crippen molar-refractivity contribution < 1.29 is 19.0 Å². The molecule has 32 heavy (non-hydrogen) atoms. The van der Waals surface area contributed by atoms with Crippen LogP contribution in [0.1, 0.15) is 42.7 Å². The maximum Gasteiger partial charge on any atom is 0.231 e. The van der Waals surface area contributed by atoms with Gasteiger partial charge in [0.25, 0.3) is 0 Å². The zero-order valence-electron chi connectivity index (χ0n) is 17.7. The predicted molar refractivity (Wildman–Crippen MR) is 119 cm³/mol. The summed E-state index contributed by atoms with van der Waals surface area (Å²) in [6.45, 7) is 1.98. The molecule has 7 heteroatoms. The Kier molecular flexibility index (Phi) is 5.07. The second-order valence-electron chi connectivity index (χ2n) is 8.13. The van der Waals surface area contributed by atoms with E-state index in [1.54, 1.807) is 19.2 Å². The monoisotopic (exact) mass is 448 g/mol. The highest BCUT2D eigenvalue weighted by atomic mass is 35.5. The quantitative estimate of drug-likeness (QED) is 0.714. The number of hydrogen-bond donors (Lipinski definition) is 1. The van der Waals surface area contributed by atoms with Crippen LogP contribution in [0.15, 0.2) is 58.9 Å².